The zero-order valence-corrected chi connectivity index (χ0v) is 14.9. The van der Waals surface area contributed by atoms with Crippen LogP contribution >= 0.6 is 11.3 Å². The lowest BCUT2D eigenvalue weighted by atomic mass is 9.78. The van der Waals surface area contributed by atoms with Crippen molar-refractivity contribution in [3.8, 4) is 0 Å². The van der Waals surface area contributed by atoms with Gasteiger partial charge in [0.15, 0.2) is 5.13 Å². The first kappa shape index (κ1) is 16.1. The number of rotatable bonds is 3. The third kappa shape index (κ3) is 3.08. The molecule has 24 heavy (non-hydrogen) atoms. The number of piperidine rings is 1. The Balaban J connectivity index is 1.42. The van der Waals surface area contributed by atoms with Crippen molar-refractivity contribution in [3.05, 3.63) is 11.1 Å². The summed E-state index contributed by atoms with van der Waals surface area (Å²) >= 11 is 1.49. The lowest BCUT2D eigenvalue weighted by Gasteiger charge is -2.44. The maximum absolute atomic E-state index is 12.8. The lowest BCUT2D eigenvalue weighted by Crippen LogP contribution is -2.50. The fraction of sp³-hybridized carbons (Fsp3) is 0.722. The summed E-state index contributed by atoms with van der Waals surface area (Å²) in [5, 5.41) is 2.70. The number of carbonyl (C=O) groups excluding carboxylic acids is 2. The Kier molecular flexibility index (Phi) is 4.57. The number of carbonyl (C=O) groups is 2. The molecule has 3 heterocycles. The molecule has 3 fully saturated rings. The van der Waals surface area contributed by atoms with Crippen LogP contribution in [0, 0.1) is 5.92 Å². The van der Waals surface area contributed by atoms with Crippen molar-refractivity contribution in [1.29, 1.82) is 0 Å². The number of amides is 2. The minimum absolute atomic E-state index is 0.156. The van der Waals surface area contributed by atoms with Gasteiger partial charge < -0.3 is 4.90 Å². The minimum atomic E-state index is 0.156. The van der Waals surface area contributed by atoms with Gasteiger partial charge in [-0.2, -0.15) is 0 Å². The Hall–Kier alpha value is -1.43. The van der Waals surface area contributed by atoms with E-state index in [1.165, 1.54) is 43.4 Å². The summed E-state index contributed by atoms with van der Waals surface area (Å²) in [6.07, 6.45) is 9.35. The van der Waals surface area contributed by atoms with Crippen molar-refractivity contribution in [2.24, 2.45) is 5.92 Å². The van der Waals surface area contributed by atoms with Gasteiger partial charge in [-0.1, -0.05) is 12.8 Å². The standard InChI is InChI=1S/C18H25N3O2S/c22-16-8-4-10-21(16)18-19-14(12-24-18)11-17(23)20-9-3-6-13-5-1-2-7-15(13)20/h12-13,15H,1-11H2/t13-,15+/m0/s1. The number of thiazole rings is 1. The highest BCUT2D eigenvalue weighted by Crippen LogP contribution is 2.35. The van der Waals surface area contributed by atoms with Crippen LogP contribution in [0.15, 0.2) is 5.38 Å². The first-order chi connectivity index (χ1) is 11.7. The number of nitrogens with zero attached hydrogens (tertiary/aromatic N) is 3. The minimum Gasteiger partial charge on any atom is -0.339 e. The van der Waals surface area contributed by atoms with Gasteiger partial charge in [0.05, 0.1) is 12.1 Å². The van der Waals surface area contributed by atoms with Crippen molar-refractivity contribution in [1.82, 2.24) is 9.88 Å². The zero-order chi connectivity index (χ0) is 16.5. The van der Waals surface area contributed by atoms with Crippen molar-refractivity contribution in [3.63, 3.8) is 0 Å². The largest absolute Gasteiger partial charge is 0.339 e. The Morgan fingerprint density at radius 1 is 1.17 bits per heavy atom. The molecular weight excluding hydrogens is 322 g/mol. The van der Waals surface area contributed by atoms with Crippen LogP contribution in [0.1, 0.15) is 57.1 Å². The molecule has 6 heteroatoms. The van der Waals surface area contributed by atoms with Crippen LogP contribution in [0.4, 0.5) is 5.13 Å². The summed E-state index contributed by atoms with van der Waals surface area (Å²) < 4.78 is 0. The highest BCUT2D eigenvalue weighted by Gasteiger charge is 2.35. The van der Waals surface area contributed by atoms with Crippen LogP contribution < -0.4 is 4.90 Å². The first-order valence-electron chi connectivity index (χ1n) is 9.26. The summed E-state index contributed by atoms with van der Waals surface area (Å²) in [5.74, 6) is 1.09. The van der Waals surface area contributed by atoms with Gasteiger partial charge in [-0.25, -0.2) is 4.98 Å². The summed E-state index contributed by atoms with van der Waals surface area (Å²) in [6.45, 7) is 1.66. The van der Waals surface area contributed by atoms with E-state index in [4.69, 9.17) is 0 Å². The van der Waals surface area contributed by atoms with Gasteiger partial charge in [-0.05, 0) is 38.0 Å². The highest BCUT2D eigenvalue weighted by atomic mass is 32.1. The molecule has 1 aliphatic carbocycles. The summed E-state index contributed by atoms with van der Waals surface area (Å²) in [7, 11) is 0. The molecule has 2 atom stereocenters. The summed E-state index contributed by atoms with van der Waals surface area (Å²) in [6, 6.07) is 0.457. The average molecular weight is 347 g/mol. The topological polar surface area (TPSA) is 53.5 Å². The molecule has 4 rings (SSSR count). The third-order valence-corrected chi connectivity index (χ3v) is 6.65. The lowest BCUT2D eigenvalue weighted by molar-refractivity contribution is -0.136. The molecule has 2 aliphatic heterocycles. The zero-order valence-electron chi connectivity index (χ0n) is 14.1. The first-order valence-corrected chi connectivity index (χ1v) is 10.1. The normalized spacial score (nSPS) is 27.4. The van der Waals surface area contributed by atoms with E-state index in [1.54, 1.807) is 4.90 Å². The van der Waals surface area contributed by atoms with Gasteiger partial charge in [0, 0.05) is 30.9 Å². The van der Waals surface area contributed by atoms with Crippen LogP contribution in [0.25, 0.3) is 0 Å². The molecule has 0 radical (unpaired) electrons. The number of likely N-dealkylation sites (tertiary alicyclic amines) is 1. The molecule has 1 saturated carbocycles. The van der Waals surface area contributed by atoms with Crippen molar-refractivity contribution >= 4 is 28.3 Å². The average Bonchev–Trinajstić information content (AvgIpc) is 3.23. The van der Waals surface area contributed by atoms with Gasteiger partial charge >= 0.3 is 0 Å². The predicted molar refractivity (Wildman–Crippen MR) is 94.1 cm³/mol. The number of aromatic nitrogens is 1. The molecule has 3 aliphatic rings. The Labute approximate surface area is 147 Å². The molecule has 0 spiro atoms. The molecule has 5 nitrogen and oxygen atoms in total. The predicted octanol–water partition coefficient (Wildman–Crippen LogP) is 2.99. The summed E-state index contributed by atoms with van der Waals surface area (Å²) in [4.78, 5) is 33.1. The number of fused-ring (bicyclic) bond motifs is 1. The fourth-order valence-corrected chi connectivity index (χ4v) is 5.41. The third-order valence-electron chi connectivity index (χ3n) is 5.74. The smallest absolute Gasteiger partial charge is 0.228 e. The van der Waals surface area contributed by atoms with E-state index in [-0.39, 0.29) is 11.8 Å². The molecule has 1 aromatic heterocycles. The van der Waals surface area contributed by atoms with Crippen LogP contribution in [-0.2, 0) is 16.0 Å². The number of anilines is 1. The highest BCUT2D eigenvalue weighted by molar-refractivity contribution is 7.14. The number of hydrogen-bond donors (Lipinski definition) is 0. The van der Waals surface area contributed by atoms with E-state index in [9.17, 15) is 9.59 Å². The molecule has 0 bridgehead atoms. The maximum Gasteiger partial charge on any atom is 0.228 e. The molecule has 1 aromatic rings. The van der Waals surface area contributed by atoms with E-state index in [2.05, 4.69) is 9.88 Å². The molecule has 2 amide bonds. The molecule has 2 saturated heterocycles. The summed E-state index contributed by atoms with van der Waals surface area (Å²) in [5.41, 5.74) is 0.817. The number of hydrogen-bond acceptors (Lipinski definition) is 4. The molecular formula is C18H25N3O2S. The fourth-order valence-electron chi connectivity index (χ4n) is 4.54. The van der Waals surface area contributed by atoms with E-state index < -0.39 is 0 Å². The van der Waals surface area contributed by atoms with E-state index in [1.807, 2.05) is 5.38 Å². The van der Waals surface area contributed by atoms with Gasteiger partial charge in [0.2, 0.25) is 11.8 Å². The van der Waals surface area contributed by atoms with E-state index in [0.717, 1.165) is 36.8 Å². The second-order valence-electron chi connectivity index (χ2n) is 7.29. The SMILES string of the molecule is O=C1CCCN1c1nc(CC(=O)N2CCC[C@@H]3CCCC[C@H]32)cs1. The quantitative estimate of drug-likeness (QED) is 0.845. The van der Waals surface area contributed by atoms with Crippen LogP contribution in [0.5, 0.6) is 0 Å². The molecule has 130 valence electrons. The van der Waals surface area contributed by atoms with Crippen molar-refractivity contribution in [2.45, 2.75) is 63.8 Å². The van der Waals surface area contributed by atoms with Crippen molar-refractivity contribution < 1.29 is 9.59 Å². The van der Waals surface area contributed by atoms with Gasteiger partial charge in [0.25, 0.3) is 0 Å². The molecule has 0 aromatic carbocycles. The second kappa shape index (κ2) is 6.82. The van der Waals surface area contributed by atoms with Gasteiger partial charge in [-0.15, -0.1) is 11.3 Å². The van der Waals surface area contributed by atoms with Gasteiger partial charge in [-0.3, -0.25) is 14.5 Å². The molecule has 0 N–H and O–H groups in total. The van der Waals surface area contributed by atoms with Gasteiger partial charge in [0.1, 0.15) is 0 Å². The van der Waals surface area contributed by atoms with E-state index in [0.29, 0.717) is 24.8 Å². The molecule has 0 unspecified atom stereocenters. The van der Waals surface area contributed by atoms with Crippen LogP contribution in [-0.4, -0.2) is 40.8 Å². The van der Waals surface area contributed by atoms with Crippen molar-refractivity contribution in [2.75, 3.05) is 18.0 Å². The van der Waals surface area contributed by atoms with Crippen LogP contribution in [0.3, 0.4) is 0 Å². The maximum atomic E-state index is 12.8. The monoisotopic (exact) mass is 347 g/mol. The second-order valence-corrected chi connectivity index (χ2v) is 8.12. The Morgan fingerprint density at radius 3 is 2.83 bits per heavy atom. The Bertz CT molecular complexity index is 628. The Morgan fingerprint density at radius 2 is 2.00 bits per heavy atom. The van der Waals surface area contributed by atoms with Crippen LogP contribution in [0.2, 0.25) is 0 Å². The van der Waals surface area contributed by atoms with E-state index >= 15 is 0 Å².